The maximum Gasteiger partial charge on any atom is 0.122 e. The largest absolute Gasteiger partial charge is 0.497 e. The van der Waals surface area contributed by atoms with Gasteiger partial charge in [0.1, 0.15) is 11.5 Å². The van der Waals surface area contributed by atoms with Crippen molar-refractivity contribution in [3.8, 4) is 11.5 Å². The molecule has 0 spiro atoms. The van der Waals surface area contributed by atoms with Gasteiger partial charge in [-0.25, -0.2) is 0 Å². The summed E-state index contributed by atoms with van der Waals surface area (Å²) >= 11 is 0. The third-order valence-electron chi connectivity index (χ3n) is 2.74. The number of methoxy groups -OCH3 is 2. The van der Waals surface area contributed by atoms with Crippen molar-refractivity contribution < 1.29 is 14.6 Å². The fourth-order valence-electron chi connectivity index (χ4n) is 1.72. The highest BCUT2D eigenvalue weighted by molar-refractivity contribution is 5.40. The molecule has 1 atom stereocenters. The standard InChI is InChI=1S/C13H22N2O3/c1-17-11-6-10(7-12(8-11)18-2)13(9-14)15-4-3-5-16/h6-8,13,15-16H,3-5,9,14H2,1-2H3. The molecule has 1 rings (SSSR count). The van der Waals surface area contributed by atoms with E-state index in [9.17, 15) is 0 Å². The monoisotopic (exact) mass is 254 g/mol. The summed E-state index contributed by atoms with van der Waals surface area (Å²) in [5, 5.41) is 12.1. The maximum absolute atomic E-state index is 8.78. The van der Waals surface area contributed by atoms with Crippen molar-refractivity contribution in [1.82, 2.24) is 5.32 Å². The minimum Gasteiger partial charge on any atom is -0.497 e. The molecule has 1 unspecified atom stereocenters. The van der Waals surface area contributed by atoms with Gasteiger partial charge in [-0.2, -0.15) is 0 Å². The van der Waals surface area contributed by atoms with Crippen molar-refractivity contribution in [2.24, 2.45) is 5.73 Å². The van der Waals surface area contributed by atoms with E-state index in [-0.39, 0.29) is 12.6 Å². The van der Waals surface area contributed by atoms with Crippen LogP contribution in [-0.2, 0) is 0 Å². The smallest absolute Gasteiger partial charge is 0.122 e. The summed E-state index contributed by atoms with van der Waals surface area (Å²) < 4.78 is 10.5. The van der Waals surface area contributed by atoms with Crippen molar-refractivity contribution in [2.45, 2.75) is 12.5 Å². The van der Waals surface area contributed by atoms with E-state index in [4.69, 9.17) is 20.3 Å². The van der Waals surface area contributed by atoms with Crippen LogP contribution >= 0.6 is 0 Å². The number of ether oxygens (including phenoxy) is 2. The molecule has 1 aromatic carbocycles. The normalized spacial score (nSPS) is 12.2. The number of hydrogen-bond donors (Lipinski definition) is 3. The highest BCUT2D eigenvalue weighted by Crippen LogP contribution is 2.26. The predicted molar refractivity (Wildman–Crippen MR) is 71.0 cm³/mol. The minimum atomic E-state index is 0.0283. The number of rotatable bonds is 8. The molecular weight excluding hydrogens is 232 g/mol. The molecular formula is C13H22N2O3. The molecule has 0 radical (unpaired) electrons. The first kappa shape index (κ1) is 14.8. The molecule has 4 N–H and O–H groups in total. The van der Waals surface area contributed by atoms with Crippen LogP contribution in [0, 0.1) is 0 Å². The highest BCUT2D eigenvalue weighted by Gasteiger charge is 2.11. The van der Waals surface area contributed by atoms with E-state index in [2.05, 4.69) is 5.32 Å². The first-order valence-corrected chi connectivity index (χ1v) is 6.02. The van der Waals surface area contributed by atoms with Crippen molar-refractivity contribution in [3.05, 3.63) is 23.8 Å². The molecule has 0 saturated carbocycles. The van der Waals surface area contributed by atoms with Gasteiger partial charge in [0.25, 0.3) is 0 Å². The minimum absolute atomic E-state index is 0.0283. The van der Waals surface area contributed by atoms with Gasteiger partial charge in [0, 0.05) is 25.3 Å². The highest BCUT2D eigenvalue weighted by atomic mass is 16.5. The van der Waals surface area contributed by atoms with E-state index in [0.29, 0.717) is 13.0 Å². The number of aliphatic hydroxyl groups is 1. The third-order valence-corrected chi connectivity index (χ3v) is 2.74. The fourth-order valence-corrected chi connectivity index (χ4v) is 1.72. The van der Waals surface area contributed by atoms with Crippen LogP contribution in [-0.4, -0.2) is 39.0 Å². The summed E-state index contributed by atoms with van der Waals surface area (Å²) in [6.45, 7) is 1.37. The molecule has 0 amide bonds. The van der Waals surface area contributed by atoms with E-state index in [1.165, 1.54) is 0 Å². The molecule has 0 bridgehead atoms. The number of hydrogen-bond acceptors (Lipinski definition) is 5. The van der Waals surface area contributed by atoms with Crippen LogP contribution in [0.1, 0.15) is 18.0 Å². The number of nitrogens with two attached hydrogens (primary N) is 1. The summed E-state index contributed by atoms with van der Waals surface area (Å²) in [5.41, 5.74) is 6.78. The van der Waals surface area contributed by atoms with Crippen LogP contribution in [0.3, 0.4) is 0 Å². The molecule has 102 valence electrons. The van der Waals surface area contributed by atoms with Gasteiger partial charge in [0.05, 0.1) is 14.2 Å². The van der Waals surface area contributed by atoms with Crippen LogP contribution in [0.25, 0.3) is 0 Å². The average Bonchev–Trinajstić information content (AvgIpc) is 2.43. The van der Waals surface area contributed by atoms with Crippen LogP contribution in [0.4, 0.5) is 0 Å². The van der Waals surface area contributed by atoms with Crippen LogP contribution in [0.5, 0.6) is 11.5 Å². The van der Waals surface area contributed by atoms with E-state index in [1.54, 1.807) is 14.2 Å². The lowest BCUT2D eigenvalue weighted by Crippen LogP contribution is -2.29. The van der Waals surface area contributed by atoms with Crippen LogP contribution in [0.15, 0.2) is 18.2 Å². The van der Waals surface area contributed by atoms with Crippen molar-refractivity contribution >= 4 is 0 Å². The van der Waals surface area contributed by atoms with Gasteiger partial charge in [-0.15, -0.1) is 0 Å². The number of nitrogens with one attached hydrogen (secondary N) is 1. The first-order valence-electron chi connectivity index (χ1n) is 6.02. The van der Waals surface area contributed by atoms with Gasteiger partial charge in [-0.1, -0.05) is 0 Å². The predicted octanol–water partition coefficient (Wildman–Crippen LogP) is 0.676. The van der Waals surface area contributed by atoms with Crippen molar-refractivity contribution in [3.63, 3.8) is 0 Å². The van der Waals surface area contributed by atoms with Crippen LogP contribution < -0.4 is 20.5 Å². The first-order chi connectivity index (χ1) is 8.74. The van der Waals surface area contributed by atoms with E-state index in [1.807, 2.05) is 18.2 Å². The Kier molecular flexibility index (Phi) is 6.49. The van der Waals surface area contributed by atoms with Gasteiger partial charge in [0.15, 0.2) is 0 Å². The molecule has 0 aliphatic carbocycles. The SMILES string of the molecule is COc1cc(OC)cc(C(CN)NCCCO)c1. The Balaban J connectivity index is 2.83. The molecule has 5 heteroatoms. The van der Waals surface area contributed by atoms with Gasteiger partial charge in [-0.3, -0.25) is 0 Å². The zero-order valence-corrected chi connectivity index (χ0v) is 11.0. The lowest BCUT2D eigenvalue weighted by Gasteiger charge is -2.18. The average molecular weight is 254 g/mol. The van der Waals surface area contributed by atoms with Gasteiger partial charge < -0.3 is 25.6 Å². The zero-order chi connectivity index (χ0) is 13.4. The summed E-state index contributed by atoms with van der Waals surface area (Å²) in [6.07, 6.45) is 0.706. The Hall–Kier alpha value is -1.30. The van der Waals surface area contributed by atoms with Gasteiger partial charge >= 0.3 is 0 Å². The van der Waals surface area contributed by atoms with E-state index in [0.717, 1.165) is 23.6 Å². The van der Waals surface area contributed by atoms with Crippen molar-refractivity contribution in [1.29, 1.82) is 0 Å². The lowest BCUT2D eigenvalue weighted by molar-refractivity contribution is 0.283. The fraction of sp³-hybridized carbons (Fsp3) is 0.538. The quantitative estimate of drug-likeness (QED) is 0.595. The second-order valence-electron chi connectivity index (χ2n) is 3.97. The Morgan fingerprint density at radius 2 is 1.83 bits per heavy atom. The summed E-state index contributed by atoms with van der Waals surface area (Å²) in [5.74, 6) is 1.48. The summed E-state index contributed by atoms with van der Waals surface area (Å²) in [6, 6.07) is 5.73. The molecule has 0 aliphatic rings. The molecule has 0 aromatic heterocycles. The summed E-state index contributed by atoms with van der Waals surface area (Å²) in [4.78, 5) is 0. The van der Waals surface area contributed by atoms with E-state index >= 15 is 0 Å². The lowest BCUT2D eigenvalue weighted by atomic mass is 10.1. The second kappa shape index (κ2) is 7.92. The Labute approximate surface area is 108 Å². The van der Waals surface area contributed by atoms with Crippen LogP contribution in [0.2, 0.25) is 0 Å². The zero-order valence-electron chi connectivity index (χ0n) is 11.0. The Bertz CT molecular complexity index is 336. The maximum atomic E-state index is 8.78. The molecule has 0 aliphatic heterocycles. The van der Waals surface area contributed by atoms with E-state index < -0.39 is 0 Å². The van der Waals surface area contributed by atoms with Crippen molar-refractivity contribution in [2.75, 3.05) is 33.9 Å². The topological polar surface area (TPSA) is 76.7 Å². The molecule has 18 heavy (non-hydrogen) atoms. The number of benzene rings is 1. The molecule has 5 nitrogen and oxygen atoms in total. The molecule has 0 fully saturated rings. The Morgan fingerprint density at radius 3 is 2.28 bits per heavy atom. The molecule has 0 heterocycles. The third kappa shape index (κ3) is 4.18. The molecule has 1 aromatic rings. The Morgan fingerprint density at radius 1 is 1.22 bits per heavy atom. The van der Waals surface area contributed by atoms with Gasteiger partial charge in [0.2, 0.25) is 0 Å². The van der Waals surface area contributed by atoms with Gasteiger partial charge in [-0.05, 0) is 30.7 Å². The number of aliphatic hydroxyl groups excluding tert-OH is 1. The molecule has 0 saturated heterocycles. The second-order valence-corrected chi connectivity index (χ2v) is 3.97. The summed E-state index contributed by atoms with van der Waals surface area (Å²) in [7, 11) is 3.24.